The lowest BCUT2D eigenvalue weighted by Crippen LogP contribution is -2.39. The molecule has 0 atom stereocenters. The third kappa shape index (κ3) is 4.27. The Morgan fingerprint density at radius 1 is 1.39 bits per heavy atom. The minimum absolute atomic E-state index is 0.0507. The van der Waals surface area contributed by atoms with Crippen LogP contribution in [-0.4, -0.2) is 37.9 Å². The minimum atomic E-state index is -3.05. The van der Waals surface area contributed by atoms with Crippen LogP contribution in [0.2, 0.25) is 0 Å². The molecule has 0 saturated carbocycles. The Bertz CT molecular complexity index is 343. The molecule has 0 aromatic rings. The van der Waals surface area contributed by atoms with Gasteiger partial charge in [0.2, 0.25) is 0 Å². The largest absolute Gasteiger partial charge is 0.465 e. The fraction of sp³-hybridized carbons (Fsp3) is 0.700. The number of amides is 1. The Hall–Kier alpha value is -1.73. The van der Waals surface area contributed by atoms with Gasteiger partial charge >= 0.3 is 12.1 Å². The maximum absolute atomic E-state index is 12.8. The number of nitrogens with one attached hydrogen (secondary N) is 1. The first-order chi connectivity index (χ1) is 8.27. The number of esters is 1. The molecule has 0 aromatic heterocycles. The number of carbonyl (C=O) groups excluding carboxylic acids is 2. The van der Waals surface area contributed by atoms with E-state index in [2.05, 4.69) is 14.7 Å². The first-order valence-corrected chi connectivity index (χ1v) is 5.19. The number of carbonyl (C=O) groups is 2. The summed E-state index contributed by atoms with van der Waals surface area (Å²) in [5, 5.41) is 5.06. The molecule has 0 rings (SSSR count). The Kier molecular flexibility index (Phi) is 6.21. The number of oxime groups is 1. The van der Waals surface area contributed by atoms with Crippen LogP contribution in [0.25, 0.3) is 0 Å². The van der Waals surface area contributed by atoms with E-state index in [0.29, 0.717) is 0 Å². The van der Waals surface area contributed by atoms with Crippen molar-refractivity contribution in [2.75, 3.05) is 13.7 Å². The summed E-state index contributed by atoms with van der Waals surface area (Å²) in [7, 11) is 1.25. The van der Waals surface area contributed by atoms with Crippen LogP contribution in [0.15, 0.2) is 5.16 Å². The number of hydrogen-bond donors (Lipinski definition) is 1. The monoisotopic (exact) mass is 266 g/mol. The van der Waals surface area contributed by atoms with Gasteiger partial charge in [-0.2, -0.15) is 0 Å². The van der Waals surface area contributed by atoms with Crippen molar-refractivity contribution in [3.8, 4) is 0 Å². The maximum Gasteiger partial charge on any atom is 0.433 e. The number of alkyl halides is 2. The molecule has 104 valence electrons. The van der Waals surface area contributed by atoms with Crippen molar-refractivity contribution in [3.63, 3.8) is 0 Å². The average molecular weight is 266 g/mol. The van der Waals surface area contributed by atoms with E-state index in [4.69, 9.17) is 0 Å². The molecule has 8 heteroatoms. The van der Waals surface area contributed by atoms with E-state index < -0.39 is 29.6 Å². The van der Waals surface area contributed by atoms with E-state index in [1.54, 1.807) is 6.92 Å². The SMILES string of the molecule is CCOC(=O)C(C)(C)C(=NOC(=O)NC)C(F)F. The zero-order chi connectivity index (χ0) is 14.3. The smallest absolute Gasteiger partial charge is 0.433 e. The molecule has 18 heavy (non-hydrogen) atoms. The van der Waals surface area contributed by atoms with Gasteiger partial charge in [-0.15, -0.1) is 0 Å². The summed E-state index contributed by atoms with van der Waals surface area (Å²) in [5.41, 5.74) is -2.55. The molecule has 0 fully saturated rings. The van der Waals surface area contributed by atoms with E-state index >= 15 is 0 Å². The van der Waals surface area contributed by atoms with Gasteiger partial charge in [-0.3, -0.25) is 9.63 Å². The predicted molar refractivity (Wildman–Crippen MR) is 59.4 cm³/mol. The van der Waals surface area contributed by atoms with Gasteiger partial charge in [0, 0.05) is 7.05 Å². The Morgan fingerprint density at radius 3 is 2.33 bits per heavy atom. The Balaban J connectivity index is 5.09. The molecule has 0 saturated heterocycles. The zero-order valence-electron chi connectivity index (χ0n) is 10.6. The highest BCUT2D eigenvalue weighted by molar-refractivity contribution is 6.07. The summed E-state index contributed by atoms with van der Waals surface area (Å²) in [6.07, 6.45) is -4.05. The molecule has 1 amide bonds. The van der Waals surface area contributed by atoms with Crippen LogP contribution in [0.1, 0.15) is 20.8 Å². The van der Waals surface area contributed by atoms with Gasteiger partial charge in [0.15, 0.2) is 0 Å². The molecule has 1 N–H and O–H groups in total. The molecule has 0 unspecified atom stereocenters. The molecule has 0 aliphatic carbocycles. The molecule has 0 radical (unpaired) electrons. The Morgan fingerprint density at radius 2 is 1.94 bits per heavy atom. The normalized spacial score (nSPS) is 12.3. The van der Waals surface area contributed by atoms with Crippen LogP contribution in [0.5, 0.6) is 0 Å². The second kappa shape index (κ2) is 6.87. The first-order valence-electron chi connectivity index (χ1n) is 5.19. The molecule has 0 bridgehead atoms. The number of rotatable bonds is 5. The third-order valence-corrected chi connectivity index (χ3v) is 2.06. The predicted octanol–water partition coefficient (Wildman–Crippen LogP) is 1.55. The number of hydrogen-bond acceptors (Lipinski definition) is 5. The summed E-state index contributed by atoms with van der Waals surface area (Å²) < 4.78 is 30.3. The minimum Gasteiger partial charge on any atom is -0.465 e. The van der Waals surface area contributed by atoms with Crippen LogP contribution in [0, 0.1) is 5.41 Å². The van der Waals surface area contributed by atoms with Crippen LogP contribution in [-0.2, 0) is 14.4 Å². The van der Waals surface area contributed by atoms with Crippen LogP contribution < -0.4 is 5.32 Å². The number of halogens is 2. The zero-order valence-corrected chi connectivity index (χ0v) is 10.6. The summed E-state index contributed by atoms with van der Waals surface area (Å²) in [5.74, 6) is -0.871. The Labute approximate surface area is 103 Å². The highest BCUT2D eigenvalue weighted by atomic mass is 19.3. The van der Waals surface area contributed by atoms with Gasteiger partial charge in [0.05, 0.1) is 6.61 Å². The maximum atomic E-state index is 12.8. The van der Waals surface area contributed by atoms with E-state index in [0.717, 1.165) is 0 Å². The molecule has 0 aliphatic heterocycles. The van der Waals surface area contributed by atoms with Crippen molar-refractivity contribution in [2.24, 2.45) is 10.6 Å². The average Bonchev–Trinajstić information content (AvgIpc) is 2.28. The van der Waals surface area contributed by atoms with Crippen molar-refractivity contribution >= 4 is 17.8 Å². The van der Waals surface area contributed by atoms with E-state index in [9.17, 15) is 18.4 Å². The topological polar surface area (TPSA) is 77.0 Å². The van der Waals surface area contributed by atoms with Gasteiger partial charge in [0.25, 0.3) is 6.43 Å². The van der Waals surface area contributed by atoms with E-state index in [1.807, 2.05) is 5.32 Å². The molecular weight excluding hydrogens is 250 g/mol. The molecular formula is C10H16F2N2O4. The van der Waals surface area contributed by atoms with E-state index in [-0.39, 0.29) is 6.61 Å². The molecule has 0 aromatic carbocycles. The summed E-state index contributed by atoms with van der Waals surface area (Å²) in [6.45, 7) is 4.02. The summed E-state index contributed by atoms with van der Waals surface area (Å²) in [4.78, 5) is 26.5. The van der Waals surface area contributed by atoms with Crippen LogP contribution >= 0.6 is 0 Å². The van der Waals surface area contributed by atoms with Gasteiger partial charge in [0.1, 0.15) is 11.1 Å². The van der Waals surface area contributed by atoms with Crippen molar-refractivity contribution in [2.45, 2.75) is 27.2 Å². The quantitative estimate of drug-likeness (QED) is 0.354. The lowest BCUT2D eigenvalue weighted by molar-refractivity contribution is -0.150. The summed E-state index contributed by atoms with van der Waals surface area (Å²) in [6, 6.07) is 0. The van der Waals surface area contributed by atoms with Gasteiger partial charge in [-0.05, 0) is 20.8 Å². The van der Waals surface area contributed by atoms with Crippen LogP contribution in [0.4, 0.5) is 13.6 Å². The van der Waals surface area contributed by atoms with Gasteiger partial charge in [-0.1, -0.05) is 5.16 Å². The fourth-order valence-corrected chi connectivity index (χ4v) is 0.979. The lowest BCUT2D eigenvalue weighted by atomic mass is 9.87. The van der Waals surface area contributed by atoms with Crippen molar-refractivity contribution in [1.29, 1.82) is 0 Å². The van der Waals surface area contributed by atoms with Crippen LogP contribution in [0.3, 0.4) is 0 Å². The molecule has 0 aliphatic rings. The van der Waals surface area contributed by atoms with Crippen molar-refractivity contribution < 1.29 is 27.9 Å². The summed E-state index contributed by atoms with van der Waals surface area (Å²) >= 11 is 0. The lowest BCUT2D eigenvalue weighted by Gasteiger charge is -2.22. The number of nitrogens with zero attached hydrogens (tertiary/aromatic N) is 1. The highest BCUT2D eigenvalue weighted by Gasteiger charge is 2.41. The first kappa shape index (κ1) is 16.3. The number of ether oxygens (including phenoxy) is 1. The standard InChI is InChI=1S/C10H16F2N2O4/c1-5-17-8(15)10(2,3)6(7(11)12)14-18-9(16)13-4/h7H,5H2,1-4H3,(H,13,16). The second-order valence-corrected chi connectivity index (χ2v) is 3.75. The van der Waals surface area contributed by atoms with Gasteiger partial charge < -0.3 is 10.1 Å². The third-order valence-electron chi connectivity index (χ3n) is 2.06. The van der Waals surface area contributed by atoms with Crippen molar-refractivity contribution in [1.82, 2.24) is 5.32 Å². The second-order valence-electron chi connectivity index (χ2n) is 3.75. The van der Waals surface area contributed by atoms with Gasteiger partial charge in [-0.25, -0.2) is 13.6 Å². The molecule has 0 spiro atoms. The molecule has 0 heterocycles. The highest BCUT2D eigenvalue weighted by Crippen LogP contribution is 2.24. The fourth-order valence-electron chi connectivity index (χ4n) is 0.979. The van der Waals surface area contributed by atoms with E-state index in [1.165, 1.54) is 20.9 Å². The van der Waals surface area contributed by atoms with Crippen molar-refractivity contribution in [3.05, 3.63) is 0 Å². The molecule has 6 nitrogen and oxygen atoms in total.